The number of hydrogen-bond acceptors (Lipinski definition) is 4. The molecule has 1 amide bonds. The van der Waals surface area contributed by atoms with E-state index in [9.17, 15) is 4.79 Å². The van der Waals surface area contributed by atoms with E-state index in [-0.39, 0.29) is 17.9 Å². The minimum absolute atomic E-state index is 0.0221. The van der Waals surface area contributed by atoms with Crippen molar-refractivity contribution in [3.8, 4) is 0 Å². The summed E-state index contributed by atoms with van der Waals surface area (Å²) >= 11 is 0. The Morgan fingerprint density at radius 1 is 1.33 bits per heavy atom. The Morgan fingerprint density at radius 3 is 2.81 bits per heavy atom. The van der Waals surface area contributed by atoms with E-state index in [2.05, 4.69) is 39.5 Å². The predicted molar refractivity (Wildman–Crippen MR) is 82.9 cm³/mol. The van der Waals surface area contributed by atoms with Gasteiger partial charge in [0, 0.05) is 33.7 Å². The molecule has 1 saturated heterocycles. The average Bonchev–Trinajstić information content (AvgIpc) is 2.48. The molecular weight excluding hydrogens is 264 g/mol. The number of nitrogens with one attached hydrogen (secondary N) is 1. The second kappa shape index (κ2) is 5.85. The third-order valence-corrected chi connectivity index (χ3v) is 4.19. The summed E-state index contributed by atoms with van der Waals surface area (Å²) in [5.74, 6) is 0.778. The lowest BCUT2D eigenvalue weighted by Crippen LogP contribution is -2.56. The minimum atomic E-state index is -0.0221. The maximum Gasteiger partial charge on any atom is 0.233 e. The first-order valence-corrected chi connectivity index (χ1v) is 7.46. The van der Waals surface area contributed by atoms with E-state index in [4.69, 9.17) is 0 Å². The molecule has 112 valence electrons. The standard InChI is InChI=1S/C16H22N4O/c1-19(2)16-17-14-8-9-20(11-13(14)15(21)18-16)10-12-6-4-3-5-7-12/h3-7,13-14H,8-11H2,1-2H3,(H,17,18,21)/t13-,14+/m0/s1. The van der Waals surface area contributed by atoms with Crippen molar-refractivity contribution in [1.29, 1.82) is 0 Å². The van der Waals surface area contributed by atoms with Crippen LogP contribution in [0.1, 0.15) is 12.0 Å². The normalized spacial score (nSPS) is 25.8. The molecule has 3 rings (SSSR count). The Bertz CT molecular complexity index is 540. The number of benzene rings is 1. The quantitative estimate of drug-likeness (QED) is 0.879. The maximum absolute atomic E-state index is 12.3. The maximum atomic E-state index is 12.3. The monoisotopic (exact) mass is 286 g/mol. The van der Waals surface area contributed by atoms with Gasteiger partial charge in [0.1, 0.15) is 0 Å². The number of fused-ring (bicyclic) bond motifs is 1. The smallest absolute Gasteiger partial charge is 0.233 e. The van der Waals surface area contributed by atoms with E-state index >= 15 is 0 Å². The van der Waals surface area contributed by atoms with E-state index < -0.39 is 0 Å². The largest absolute Gasteiger partial charge is 0.349 e. The molecule has 0 unspecified atom stereocenters. The SMILES string of the molecule is CN(C)C1=N[C@@H]2CCN(Cc3ccccc3)C[C@@H]2C(=O)N1. The highest BCUT2D eigenvalue weighted by Gasteiger charge is 2.38. The summed E-state index contributed by atoms with van der Waals surface area (Å²) in [6.45, 7) is 2.69. The van der Waals surface area contributed by atoms with E-state index in [0.717, 1.165) is 26.1 Å². The van der Waals surface area contributed by atoms with Crippen LogP contribution in [0.4, 0.5) is 0 Å². The van der Waals surface area contributed by atoms with Gasteiger partial charge < -0.3 is 4.90 Å². The zero-order valence-corrected chi connectivity index (χ0v) is 12.6. The van der Waals surface area contributed by atoms with Gasteiger partial charge in [0.25, 0.3) is 0 Å². The van der Waals surface area contributed by atoms with Crippen molar-refractivity contribution < 1.29 is 4.79 Å². The first-order valence-electron chi connectivity index (χ1n) is 7.46. The average molecular weight is 286 g/mol. The molecule has 1 fully saturated rings. The van der Waals surface area contributed by atoms with Crippen LogP contribution in [0.2, 0.25) is 0 Å². The van der Waals surface area contributed by atoms with Crippen LogP contribution in [0, 0.1) is 5.92 Å². The number of aliphatic imine (C=N–C) groups is 1. The van der Waals surface area contributed by atoms with E-state index in [1.807, 2.05) is 25.1 Å². The number of carbonyl (C=O) groups is 1. The lowest BCUT2D eigenvalue weighted by Gasteiger charge is -2.39. The molecule has 1 aromatic rings. The number of rotatable bonds is 2. The zero-order valence-electron chi connectivity index (χ0n) is 12.6. The fraction of sp³-hybridized carbons (Fsp3) is 0.500. The fourth-order valence-electron chi connectivity index (χ4n) is 3.02. The predicted octanol–water partition coefficient (Wildman–Crippen LogP) is 0.924. The Balaban J connectivity index is 1.68. The molecule has 0 saturated carbocycles. The number of guanidine groups is 1. The van der Waals surface area contributed by atoms with Gasteiger partial charge in [-0.1, -0.05) is 30.3 Å². The van der Waals surface area contributed by atoms with Crippen LogP contribution >= 0.6 is 0 Å². The zero-order chi connectivity index (χ0) is 14.8. The fourth-order valence-corrected chi connectivity index (χ4v) is 3.02. The molecule has 2 atom stereocenters. The summed E-state index contributed by atoms with van der Waals surface area (Å²) in [5.41, 5.74) is 1.30. The third kappa shape index (κ3) is 3.08. The lowest BCUT2D eigenvalue weighted by molar-refractivity contribution is -0.126. The molecule has 2 heterocycles. The minimum Gasteiger partial charge on any atom is -0.349 e. The van der Waals surface area contributed by atoms with Crippen LogP contribution in [0.5, 0.6) is 0 Å². The van der Waals surface area contributed by atoms with Crippen molar-refractivity contribution >= 4 is 11.9 Å². The first kappa shape index (κ1) is 14.1. The molecular formula is C16H22N4O. The van der Waals surface area contributed by atoms with Crippen molar-refractivity contribution in [2.75, 3.05) is 27.2 Å². The van der Waals surface area contributed by atoms with Gasteiger partial charge in [0.2, 0.25) is 5.91 Å². The molecule has 2 aliphatic rings. The van der Waals surface area contributed by atoms with Crippen LogP contribution in [0.25, 0.3) is 0 Å². The van der Waals surface area contributed by atoms with Crippen LogP contribution in [-0.4, -0.2) is 54.9 Å². The van der Waals surface area contributed by atoms with Crippen molar-refractivity contribution in [1.82, 2.24) is 15.1 Å². The van der Waals surface area contributed by atoms with Crippen molar-refractivity contribution in [3.63, 3.8) is 0 Å². The van der Waals surface area contributed by atoms with Crippen molar-refractivity contribution in [3.05, 3.63) is 35.9 Å². The molecule has 2 aliphatic heterocycles. The second-order valence-corrected chi connectivity index (χ2v) is 6.02. The van der Waals surface area contributed by atoms with E-state index in [1.165, 1.54) is 5.56 Å². The highest BCUT2D eigenvalue weighted by molar-refractivity contribution is 6.00. The second-order valence-electron chi connectivity index (χ2n) is 6.02. The van der Waals surface area contributed by atoms with Gasteiger partial charge in [-0.3, -0.25) is 15.0 Å². The first-order chi connectivity index (χ1) is 10.1. The van der Waals surface area contributed by atoms with Crippen LogP contribution in [-0.2, 0) is 11.3 Å². The molecule has 1 N–H and O–H groups in total. The van der Waals surface area contributed by atoms with Crippen LogP contribution in [0.15, 0.2) is 35.3 Å². The van der Waals surface area contributed by atoms with Gasteiger partial charge in [0.05, 0.1) is 12.0 Å². The third-order valence-electron chi connectivity index (χ3n) is 4.19. The highest BCUT2D eigenvalue weighted by atomic mass is 16.2. The Hall–Kier alpha value is -1.88. The summed E-state index contributed by atoms with van der Waals surface area (Å²) in [6, 6.07) is 10.5. The van der Waals surface area contributed by atoms with Gasteiger partial charge in [-0.2, -0.15) is 0 Å². The van der Waals surface area contributed by atoms with Crippen LogP contribution < -0.4 is 5.32 Å². The lowest BCUT2D eigenvalue weighted by atomic mass is 9.90. The van der Waals surface area contributed by atoms with Gasteiger partial charge in [0.15, 0.2) is 5.96 Å². The number of likely N-dealkylation sites (tertiary alicyclic amines) is 1. The summed E-state index contributed by atoms with van der Waals surface area (Å²) in [4.78, 5) is 21.2. The number of nitrogens with zero attached hydrogens (tertiary/aromatic N) is 3. The number of carbonyl (C=O) groups excluding carboxylic acids is 1. The van der Waals surface area contributed by atoms with Crippen LogP contribution in [0.3, 0.4) is 0 Å². The molecule has 5 heteroatoms. The van der Waals surface area contributed by atoms with E-state index in [0.29, 0.717) is 5.96 Å². The Kier molecular flexibility index (Phi) is 3.92. The topological polar surface area (TPSA) is 47.9 Å². The summed E-state index contributed by atoms with van der Waals surface area (Å²) in [5, 5.41) is 2.91. The molecule has 0 bridgehead atoms. The summed E-state index contributed by atoms with van der Waals surface area (Å²) in [6.07, 6.45) is 0.947. The Labute approximate surface area is 125 Å². The molecule has 21 heavy (non-hydrogen) atoms. The molecule has 0 aliphatic carbocycles. The summed E-state index contributed by atoms with van der Waals surface area (Å²) < 4.78 is 0. The molecule has 0 radical (unpaired) electrons. The van der Waals surface area contributed by atoms with Gasteiger partial charge in [-0.15, -0.1) is 0 Å². The van der Waals surface area contributed by atoms with Gasteiger partial charge >= 0.3 is 0 Å². The molecule has 5 nitrogen and oxygen atoms in total. The van der Waals surface area contributed by atoms with Crippen molar-refractivity contribution in [2.24, 2.45) is 10.9 Å². The Morgan fingerprint density at radius 2 is 2.10 bits per heavy atom. The van der Waals surface area contributed by atoms with Gasteiger partial charge in [-0.05, 0) is 12.0 Å². The highest BCUT2D eigenvalue weighted by Crippen LogP contribution is 2.24. The van der Waals surface area contributed by atoms with Gasteiger partial charge in [-0.25, -0.2) is 4.99 Å². The number of amides is 1. The molecule has 0 aromatic heterocycles. The molecule has 0 spiro atoms. The molecule has 1 aromatic carbocycles. The van der Waals surface area contributed by atoms with Crippen molar-refractivity contribution in [2.45, 2.75) is 19.0 Å². The summed E-state index contributed by atoms with van der Waals surface area (Å²) in [7, 11) is 3.81. The number of piperidine rings is 1. The number of hydrogen-bond donors (Lipinski definition) is 1. The van der Waals surface area contributed by atoms with E-state index in [1.54, 1.807) is 0 Å².